The van der Waals surface area contributed by atoms with Gasteiger partial charge in [-0.3, -0.25) is 10.3 Å². The maximum atomic E-state index is 13.2. The van der Waals surface area contributed by atoms with Crippen molar-refractivity contribution >= 4 is 17.3 Å². The zero-order chi connectivity index (χ0) is 13.1. The predicted octanol–water partition coefficient (Wildman–Crippen LogP) is 3.00. The first-order chi connectivity index (χ1) is 8.58. The molecule has 2 aromatic carbocycles. The second-order valence-corrected chi connectivity index (χ2v) is 3.68. The Morgan fingerprint density at radius 2 is 1.39 bits per heavy atom. The fourth-order valence-corrected chi connectivity index (χ4v) is 1.66. The number of rotatable bonds is 2. The normalized spacial score (nSPS) is 10.1. The number of nitrogens with one attached hydrogen (secondary N) is 1. The van der Waals surface area contributed by atoms with E-state index in [4.69, 9.17) is 11.1 Å². The third-order valence-electron chi connectivity index (χ3n) is 2.37. The molecule has 3 N–H and O–H groups in total. The molecule has 0 aliphatic heterocycles. The molecule has 2 aromatic rings. The molecule has 3 nitrogen and oxygen atoms in total. The standard InChI is InChI=1S/C13H11F2N3/c14-9-3-1-5-11(7-9)18(13(16)17)12-6-2-4-10(15)8-12/h1-8H,(H3,16,17). The van der Waals surface area contributed by atoms with Gasteiger partial charge in [-0.2, -0.15) is 0 Å². The molecular weight excluding hydrogens is 236 g/mol. The van der Waals surface area contributed by atoms with Gasteiger partial charge in [0.1, 0.15) is 11.6 Å². The fourth-order valence-electron chi connectivity index (χ4n) is 1.66. The van der Waals surface area contributed by atoms with Crippen LogP contribution in [0.25, 0.3) is 0 Å². The van der Waals surface area contributed by atoms with Crippen molar-refractivity contribution in [3.63, 3.8) is 0 Å². The Balaban J connectivity index is 2.50. The zero-order valence-corrected chi connectivity index (χ0v) is 9.40. The summed E-state index contributed by atoms with van der Waals surface area (Å²) in [5.41, 5.74) is 6.20. The van der Waals surface area contributed by atoms with Crippen LogP contribution in [0.2, 0.25) is 0 Å². The molecule has 0 fully saturated rings. The van der Waals surface area contributed by atoms with Crippen molar-refractivity contribution in [2.45, 2.75) is 0 Å². The quantitative estimate of drug-likeness (QED) is 0.633. The predicted molar refractivity (Wildman–Crippen MR) is 66.9 cm³/mol. The first-order valence-corrected chi connectivity index (χ1v) is 5.23. The molecule has 0 radical (unpaired) electrons. The van der Waals surface area contributed by atoms with Crippen molar-refractivity contribution in [3.05, 3.63) is 60.2 Å². The van der Waals surface area contributed by atoms with Crippen LogP contribution in [0.5, 0.6) is 0 Å². The van der Waals surface area contributed by atoms with Gasteiger partial charge in [-0.1, -0.05) is 12.1 Å². The average molecular weight is 247 g/mol. The average Bonchev–Trinajstić information content (AvgIpc) is 2.28. The Morgan fingerprint density at radius 1 is 0.944 bits per heavy atom. The number of benzene rings is 2. The first-order valence-electron chi connectivity index (χ1n) is 5.23. The third kappa shape index (κ3) is 2.45. The van der Waals surface area contributed by atoms with Gasteiger partial charge >= 0.3 is 0 Å². The Hall–Kier alpha value is -2.43. The van der Waals surface area contributed by atoms with Crippen molar-refractivity contribution < 1.29 is 8.78 Å². The van der Waals surface area contributed by atoms with Crippen LogP contribution in [-0.4, -0.2) is 5.96 Å². The van der Waals surface area contributed by atoms with Crippen LogP contribution >= 0.6 is 0 Å². The van der Waals surface area contributed by atoms with Gasteiger partial charge in [0.2, 0.25) is 0 Å². The fraction of sp³-hybridized carbons (Fsp3) is 0. The molecule has 0 aromatic heterocycles. The van der Waals surface area contributed by atoms with Gasteiger partial charge in [-0.05, 0) is 36.4 Å². The Kier molecular flexibility index (Phi) is 3.23. The lowest BCUT2D eigenvalue weighted by Crippen LogP contribution is -2.32. The van der Waals surface area contributed by atoms with E-state index < -0.39 is 11.6 Å². The van der Waals surface area contributed by atoms with Crippen molar-refractivity contribution in [1.82, 2.24) is 0 Å². The van der Waals surface area contributed by atoms with Gasteiger partial charge in [-0.15, -0.1) is 0 Å². The van der Waals surface area contributed by atoms with E-state index in [1.807, 2.05) is 0 Å². The maximum absolute atomic E-state index is 13.2. The Bertz CT molecular complexity index is 538. The molecule has 0 amide bonds. The van der Waals surface area contributed by atoms with E-state index >= 15 is 0 Å². The van der Waals surface area contributed by atoms with Crippen LogP contribution in [0.3, 0.4) is 0 Å². The first kappa shape index (κ1) is 12.0. The minimum atomic E-state index is -0.449. The highest BCUT2D eigenvalue weighted by Crippen LogP contribution is 2.25. The second kappa shape index (κ2) is 4.83. The highest BCUT2D eigenvalue weighted by molar-refractivity contribution is 5.99. The van der Waals surface area contributed by atoms with Gasteiger partial charge in [0.05, 0.1) is 11.4 Å². The largest absolute Gasteiger partial charge is 0.369 e. The van der Waals surface area contributed by atoms with Gasteiger partial charge in [0, 0.05) is 0 Å². The number of nitrogens with two attached hydrogens (primary N) is 1. The van der Waals surface area contributed by atoms with E-state index in [2.05, 4.69) is 0 Å². The zero-order valence-electron chi connectivity index (χ0n) is 9.40. The van der Waals surface area contributed by atoms with Crippen LogP contribution < -0.4 is 10.6 Å². The molecule has 0 atom stereocenters. The molecule has 0 saturated heterocycles. The molecule has 0 bridgehead atoms. The number of halogens is 2. The minimum absolute atomic E-state index is 0.314. The minimum Gasteiger partial charge on any atom is -0.369 e. The van der Waals surface area contributed by atoms with Gasteiger partial charge in [-0.25, -0.2) is 8.78 Å². The number of guanidine groups is 1. The highest BCUT2D eigenvalue weighted by atomic mass is 19.1. The van der Waals surface area contributed by atoms with E-state index in [0.29, 0.717) is 11.4 Å². The molecule has 0 saturated carbocycles. The Labute approximate surface area is 103 Å². The third-order valence-corrected chi connectivity index (χ3v) is 2.37. The van der Waals surface area contributed by atoms with E-state index in [-0.39, 0.29) is 5.96 Å². The van der Waals surface area contributed by atoms with E-state index in [9.17, 15) is 8.78 Å². The van der Waals surface area contributed by atoms with Crippen LogP contribution in [0, 0.1) is 17.0 Å². The summed E-state index contributed by atoms with van der Waals surface area (Å²) in [6.45, 7) is 0. The van der Waals surface area contributed by atoms with E-state index in [1.165, 1.54) is 41.3 Å². The maximum Gasteiger partial charge on any atom is 0.197 e. The lowest BCUT2D eigenvalue weighted by atomic mass is 10.2. The molecule has 2 rings (SSSR count). The van der Waals surface area contributed by atoms with Crippen LogP contribution in [0.1, 0.15) is 0 Å². The number of hydrogen-bond donors (Lipinski definition) is 2. The van der Waals surface area contributed by atoms with E-state index in [0.717, 1.165) is 0 Å². The molecule has 92 valence electrons. The van der Waals surface area contributed by atoms with Crippen LogP contribution in [-0.2, 0) is 0 Å². The number of anilines is 2. The summed E-state index contributed by atoms with van der Waals surface area (Å²) in [6, 6.07) is 11.2. The van der Waals surface area contributed by atoms with Crippen LogP contribution in [0.15, 0.2) is 48.5 Å². The van der Waals surface area contributed by atoms with Crippen molar-refractivity contribution in [2.24, 2.45) is 5.73 Å². The topological polar surface area (TPSA) is 53.1 Å². The van der Waals surface area contributed by atoms with E-state index in [1.54, 1.807) is 12.1 Å². The Morgan fingerprint density at radius 3 is 1.72 bits per heavy atom. The van der Waals surface area contributed by atoms with Gasteiger partial charge < -0.3 is 5.73 Å². The van der Waals surface area contributed by atoms with Crippen molar-refractivity contribution in [3.8, 4) is 0 Å². The molecule has 0 aliphatic carbocycles. The summed E-state index contributed by atoms with van der Waals surface area (Å²) >= 11 is 0. The number of nitrogens with zero attached hydrogens (tertiary/aromatic N) is 1. The van der Waals surface area contributed by atoms with Gasteiger partial charge in [0.25, 0.3) is 0 Å². The van der Waals surface area contributed by atoms with Gasteiger partial charge in [0.15, 0.2) is 5.96 Å². The molecular formula is C13H11F2N3. The SMILES string of the molecule is N=C(N)N(c1cccc(F)c1)c1cccc(F)c1. The summed E-state index contributed by atoms with van der Waals surface area (Å²) in [5, 5.41) is 7.53. The second-order valence-electron chi connectivity index (χ2n) is 3.68. The summed E-state index contributed by atoms with van der Waals surface area (Å²) in [7, 11) is 0. The summed E-state index contributed by atoms with van der Waals surface area (Å²) < 4.78 is 26.3. The lowest BCUT2D eigenvalue weighted by Gasteiger charge is -2.22. The summed E-state index contributed by atoms with van der Waals surface area (Å²) in [4.78, 5) is 1.26. The molecule has 18 heavy (non-hydrogen) atoms. The molecule has 0 aliphatic rings. The molecule has 0 spiro atoms. The summed E-state index contributed by atoms with van der Waals surface area (Å²) in [5.74, 6) is -1.21. The monoisotopic (exact) mass is 247 g/mol. The highest BCUT2D eigenvalue weighted by Gasteiger charge is 2.13. The lowest BCUT2D eigenvalue weighted by molar-refractivity contribution is 0.627. The van der Waals surface area contributed by atoms with Crippen molar-refractivity contribution in [1.29, 1.82) is 5.41 Å². The van der Waals surface area contributed by atoms with Crippen molar-refractivity contribution in [2.75, 3.05) is 4.90 Å². The molecule has 0 heterocycles. The summed E-state index contributed by atoms with van der Waals surface area (Å²) in [6.07, 6.45) is 0. The molecule has 0 unspecified atom stereocenters. The molecule has 5 heteroatoms. The van der Waals surface area contributed by atoms with Crippen LogP contribution in [0.4, 0.5) is 20.2 Å². The smallest absolute Gasteiger partial charge is 0.197 e. The number of hydrogen-bond acceptors (Lipinski definition) is 1.